The number of halogens is 1. The molecular formula is C44H36BClN2O2. The van der Waals surface area contributed by atoms with Crippen molar-refractivity contribution < 1.29 is 10.0 Å². The van der Waals surface area contributed by atoms with Gasteiger partial charge in [-0.1, -0.05) is 151 Å². The number of pyridine rings is 2. The maximum absolute atomic E-state index is 9.05. The molecule has 8 aromatic rings. The minimum atomic E-state index is -1.41. The van der Waals surface area contributed by atoms with E-state index in [1.165, 1.54) is 22.1 Å². The lowest BCUT2D eigenvalue weighted by Crippen LogP contribution is -2.29. The van der Waals surface area contributed by atoms with Crippen molar-refractivity contribution in [1.82, 2.24) is 9.97 Å². The Kier molecular flexibility index (Phi) is 11.1. The van der Waals surface area contributed by atoms with Crippen molar-refractivity contribution in [2.24, 2.45) is 0 Å². The average Bonchev–Trinajstić information content (AvgIpc) is 3.16. The SMILES string of the molecule is Cc1cc2ccccc2nc1-c1cccc(-c2ccccc2)c1.Cc1cc2ccccc2nc1Cl.OB(O)c1cccc(-c2ccccc2)c1. The van der Waals surface area contributed by atoms with E-state index in [0.717, 1.165) is 44.4 Å². The summed E-state index contributed by atoms with van der Waals surface area (Å²) >= 11 is 5.88. The van der Waals surface area contributed by atoms with Gasteiger partial charge in [0.1, 0.15) is 5.15 Å². The van der Waals surface area contributed by atoms with Crippen molar-refractivity contribution in [3.63, 3.8) is 0 Å². The van der Waals surface area contributed by atoms with Crippen LogP contribution in [0.2, 0.25) is 5.15 Å². The fourth-order valence-corrected chi connectivity index (χ4v) is 5.84. The largest absolute Gasteiger partial charge is 0.488 e. The average molecular weight is 671 g/mol. The van der Waals surface area contributed by atoms with Gasteiger partial charge in [0.2, 0.25) is 0 Å². The summed E-state index contributed by atoms with van der Waals surface area (Å²) in [5.41, 5.74) is 11.5. The predicted molar refractivity (Wildman–Crippen MR) is 211 cm³/mol. The van der Waals surface area contributed by atoms with Crippen molar-refractivity contribution >= 4 is 46.0 Å². The van der Waals surface area contributed by atoms with Gasteiger partial charge in [0.25, 0.3) is 0 Å². The van der Waals surface area contributed by atoms with Gasteiger partial charge >= 0.3 is 7.12 Å². The number of hydrogen-bond acceptors (Lipinski definition) is 4. The molecular weight excluding hydrogens is 635 g/mol. The number of fused-ring (bicyclic) bond motifs is 2. The number of aromatic nitrogens is 2. The van der Waals surface area contributed by atoms with Crippen LogP contribution in [0.25, 0.3) is 55.3 Å². The highest BCUT2D eigenvalue weighted by atomic mass is 35.5. The van der Waals surface area contributed by atoms with E-state index in [2.05, 4.69) is 84.7 Å². The minimum Gasteiger partial charge on any atom is -0.423 e. The van der Waals surface area contributed by atoms with Crippen LogP contribution in [0.5, 0.6) is 0 Å². The van der Waals surface area contributed by atoms with Crippen LogP contribution in [-0.4, -0.2) is 27.1 Å². The number of nitrogens with zero attached hydrogens (tertiary/aromatic N) is 2. The molecule has 0 unspecified atom stereocenters. The van der Waals surface area contributed by atoms with Crippen LogP contribution in [-0.2, 0) is 0 Å². The zero-order valence-electron chi connectivity index (χ0n) is 27.9. The molecule has 0 fully saturated rings. The third-order valence-electron chi connectivity index (χ3n) is 8.30. The summed E-state index contributed by atoms with van der Waals surface area (Å²) in [4.78, 5) is 9.12. The molecule has 244 valence electrons. The van der Waals surface area contributed by atoms with Gasteiger partial charge in [-0.15, -0.1) is 0 Å². The fourth-order valence-electron chi connectivity index (χ4n) is 5.70. The molecule has 0 bridgehead atoms. The molecule has 0 aliphatic heterocycles. The minimum absolute atomic E-state index is 0.511. The zero-order valence-corrected chi connectivity index (χ0v) is 28.7. The Labute approximate surface area is 298 Å². The second kappa shape index (κ2) is 16.2. The van der Waals surface area contributed by atoms with E-state index in [1.54, 1.807) is 12.1 Å². The summed E-state index contributed by atoms with van der Waals surface area (Å²) in [5, 5.41) is 21.0. The summed E-state index contributed by atoms with van der Waals surface area (Å²) in [7, 11) is -1.41. The van der Waals surface area contributed by atoms with E-state index >= 15 is 0 Å². The molecule has 0 aliphatic carbocycles. The van der Waals surface area contributed by atoms with Gasteiger partial charge in [0.05, 0.1) is 16.7 Å². The highest BCUT2D eigenvalue weighted by Crippen LogP contribution is 2.29. The summed E-state index contributed by atoms with van der Waals surface area (Å²) in [6.07, 6.45) is 0. The normalized spacial score (nSPS) is 10.5. The number of hydrogen-bond donors (Lipinski definition) is 2. The first kappa shape index (κ1) is 34.3. The van der Waals surface area contributed by atoms with Crippen LogP contribution in [0.3, 0.4) is 0 Å². The first-order valence-electron chi connectivity index (χ1n) is 16.4. The van der Waals surface area contributed by atoms with E-state index < -0.39 is 7.12 Å². The van der Waals surface area contributed by atoms with E-state index in [-0.39, 0.29) is 0 Å². The third kappa shape index (κ3) is 8.52. The Bertz CT molecular complexity index is 2310. The van der Waals surface area contributed by atoms with Crippen LogP contribution in [0, 0.1) is 13.8 Å². The van der Waals surface area contributed by atoms with Crippen LogP contribution < -0.4 is 5.46 Å². The van der Waals surface area contributed by atoms with Gasteiger partial charge < -0.3 is 10.0 Å². The lowest BCUT2D eigenvalue weighted by molar-refractivity contribution is 0.426. The summed E-state index contributed by atoms with van der Waals surface area (Å²) < 4.78 is 0. The molecule has 2 N–H and O–H groups in total. The molecule has 8 rings (SSSR count). The highest BCUT2D eigenvalue weighted by molar-refractivity contribution is 6.58. The van der Waals surface area contributed by atoms with Crippen molar-refractivity contribution in [3.8, 4) is 33.5 Å². The standard InChI is InChI=1S/C22H17N.C12H11BO2.C10H8ClN/c1-16-14-19-10-5-6-13-21(19)23-22(16)20-12-7-11-18(15-20)17-8-3-2-4-9-17;14-13(15)12-8-4-7-11(9-12)10-5-2-1-3-6-10;1-7-6-8-4-2-3-5-9(8)12-10(7)11/h2-15H,1H3;1-9,14-15H;2-6H,1H3. The summed E-state index contributed by atoms with van der Waals surface area (Å²) in [6, 6.07) is 56.6. The third-order valence-corrected chi connectivity index (χ3v) is 8.68. The number of aryl methyl sites for hydroxylation is 2. The summed E-state index contributed by atoms with van der Waals surface area (Å²) in [5.74, 6) is 0. The monoisotopic (exact) mass is 670 g/mol. The number of benzene rings is 6. The molecule has 0 saturated carbocycles. The second-order valence-electron chi connectivity index (χ2n) is 11.9. The molecule has 2 heterocycles. The van der Waals surface area contributed by atoms with E-state index in [9.17, 15) is 0 Å². The van der Waals surface area contributed by atoms with Crippen molar-refractivity contribution in [2.45, 2.75) is 13.8 Å². The molecule has 0 saturated heterocycles. The summed E-state index contributed by atoms with van der Waals surface area (Å²) in [6.45, 7) is 4.09. The quantitative estimate of drug-likeness (QED) is 0.144. The fraction of sp³-hybridized carbons (Fsp3) is 0.0455. The van der Waals surface area contributed by atoms with E-state index in [1.807, 2.05) is 91.9 Å². The Balaban J connectivity index is 0.000000138. The Hall–Kier alpha value is -5.59. The molecule has 6 heteroatoms. The lowest BCUT2D eigenvalue weighted by atomic mass is 9.79. The molecule has 0 aliphatic rings. The van der Waals surface area contributed by atoms with Gasteiger partial charge in [-0.3, -0.25) is 0 Å². The maximum atomic E-state index is 9.05. The molecule has 2 aromatic heterocycles. The highest BCUT2D eigenvalue weighted by Gasteiger charge is 2.11. The number of rotatable bonds is 4. The second-order valence-corrected chi connectivity index (χ2v) is 12.3. The molecule has 6 aromatic carbocycles. The van der Waals surface area contributed by atoms with Gasteiger partial charge in [0.15, 0.2) is 0 Å². The van der Waals surface area contributed by atoms with E-state index in [0.29, 0.717) is 10.6 Å². The molecule has 0 radical (unpaired) electrons. The maximum Gasteiger partial charge on any atom is 0.488 e. The first-order chi connectivity index (χ1) is 24.4. The smallest absolute Gasteiger partial charge is 0.423 e. The Morgan fingerprint density at radius 3 is 1.50 bits per heavy atom. The molecule has 50 heavy (non-hydrogen) atoms. The van der Waals surface area contributed by atoms with Gasteiger partial charge in [0, 0.05) is 16.3 Å². The first-order valence-corrected chi connectivity index (χ1v) is 16.8. The van der Waals surface area contributed by atoms with Crippen LogP contribution in [0.15, 0.2) is 170 Å². The van der Waals surface area contributed by atoms with Gasteiger partial charge in [-0.2, -0.15) is 0 Å². The topological polar surface area (TPSA) is 66.2 Å². The van der Waals surface area contributed by atoms with Crippen LogP contribution >= 0.6 is 11.6 Å². The lowest BCUT2D eigenvalue weighted by Gasteiger charge is -2.09. The van der Waals surface area contributed by atoms with E-state index in [4.69, 9.17) is 26.6 Å². The number of para-hydroxylation sites is 2. The van der Waals surface area contributed by atoms with Crippen molar-refractivity contribution in [3.05, 3.63) is 186 Å². The molecule has 0 spiro atoms. The van der Waals surface area contributed by atoms with Crippen LogP contribution in [0.4, 0.5) is 0 Å². The molecule has 0 atom stereocenters. The molecule has 4 nitrogen and oxygen atoms in total. The Morgan fingerprint density at radius 1 is 0.440 bits per heavy atom. The predicted octanol–water partition coefficient (Wildman–Crippen LogP) is 10.1. The van der Waals surface area contributed by atoms with Crippen molar-refractivity contribution in [1.29, 1.82) is 0 Å². The van der Waals surface area contributed by atoms with Crippen molar-refractivity contribution in [2.75, 3.05) is 0 Å². The van der Waals surface area contributed by atoms with Gasteiger partial charge in [-0.25, -0.2) is 9.97 Å². The van der Waals surface area contributed by atoms with Gasteiger partial charge in [-0.05, 0) is 83.0 Å². The van der Waals surface area contributed by atoms with Crippen LogP contribution in [0.1, 0.15) is 11.1 Å². The molecule has 0 amide bonds. The zero-order chi connectivity index (χ0) is 34.9. The Morgan fingerprint density at radius 2 is 0.900 bits per heavy atom.